The van der Waals surface area contributed by atoms with Crippen LogP contribution in [0.1, 0.15) is 26.7 Å². The maximum atomic E-state index is 8.72. The molecule has 74 valence electrons. The molecule has 1 atom stereocenters. The van der Waals surface area contributed by atoms with Crippen molar-refractivity contribution in [2.45, 2.75) is 32.2 Å². The molecule has 0 saturated heterocycles. The highest BCUT2D eigenvalue weighted by atomic mass is 15.2. The van der Waals surface area contributed by atoms with Gasteiger partial charge in [0.15, 0.2) is 0 Å². The van der Waals surface area contributed by atoms with Gasteiger partial charge < -0.3 is 5.32 Å². The highest BCUT2D eigenvalue weighted by Crippen LogP contribution is 2.22. The molecule has 0 fully saturated rings. The van der Waals surface area contributed by atoms with E-state index in [0.29, 0.717) is 0 Å². The van der Waals surface area contributed by atoms with Crippen molar-refractivity contribution in [3.63, 3.8) is 0 Å². The second-order valence-corrected chi connectivity index (χ2v) is 3.59. The minimum absolute atomic E-state index is 0.461. The summed E-state index contributed by atoms with van der Waals surface area (Å²) >= 11 is 0. The number of nitrogens with zero attached hydrogens (tertiary/aromatic N) is 3. The van der Waals surface area contributed by atoms with Gasteiger partial charge in [-0.3, -0.25) is 0 Å². The lowest BCUT2D eigenvalue weighted by Crippen LogP contribution is -2.47. The molecule has 1 heterocycles. The van der Waals surface area contributed by atoms with Crippen molar-refractivity contribution >= 4 is 12.4 Å². The summed E-state index contributed by atoms with van der Waals surface area (Å²) < 4.78 is 0. The number of nitriles is 1. The molecule has 0 saturated carbocycles. The fraction of sp³-hybridized carbons (Fsp3) is 0.500. The predicted octanol–water partition coefficient (Wildman–Crippen LogP) is 1.61. The summed E-state index contributed by atoms with van der Waals surface area (Å²) in [5.74, 6) is 0. The van der Waals surface area contributed by atoms with Gasteiger partial charge in [0.25, 0.3) is 0 Å². The van der Waals surface area contributed by atoms with E-state index in [9.17, 15) is 0 Å². The zero-order chi connectivity index (χ0) is 10.6. The van der Waals surface area contributed by atoms with Crippen LogP contribution < -0.4 is 5.32 Å². The van der Waals surface area contributed by atoms with Crippen molar-refractivity contribution in [1.82, 2.24) is 5.32 Å². The SMILES string of the molecule is C=N/N=C(/C)CCC1=CC(C)(C#N)N1. The number of hydrogen-bond donors (Lipinski definition) is 1. The second kappa shape index (κ2) is 4.05. The molecule has 1 aliphatic rings. The lowest BCUT2D eigenvalue weighted by Gasteiger charge is -2.32. The van der Waals surface area contributed by atoms with E-state index in [1.165, 1.54) is 0 Å². The Morgan fingerprint density at radius 3 is 2.93 bits per heavy atom. The highest BCUT2D eigenvalue weighted by molar-refractivity contribution is 5.82. The summed E-state index contributed by atoms with van der Waals surface area (Å²) in [6.45, 7) is 7.05. The molecule has 1 aliphatic heterocycles. The Balaban J connectivity index is 2.37. The molecular weight excluding hydrogens is 176 g/mol. The zero-order valence-electron chi connectivity index (χ0n) is 8.54. The standard InChI is InChI=1S/C10H14N4/c1-8(14-12-3)4-5-9-6-10(2,7-11)13-9/h6,13H,3-5H2,1-2H3/b14-8-. The van der Waals surface area contributed by atoms with Crippen molar-refractivity contribution < 1.29 is 0 Å². The van der Waals surface area contributed by atoms with E-state index in [1.807, 2.05) is 19.9 Å². The van der Waals surface area contributed by atoms with E-state index in [1.54, 1.807) is 0 Å². The first-order chi connectivity index (χ1) is 6.59. The van der Waals surface area contributed by atoms with Gasteiger partial charge in [-0.15, -0.1) is 0 Å². The molecule has 4 heteroatoms. The Labute approximate surface area is 84.0 Å². The van der Waals surface area contributed by atoms with Crippen LogP contribution >= 0.6 is 0 Å². The molecular formula is C10H14N4. The van der Waals surface area contributed by atoms with E-state index < -0.39 is 5.54 Å². The van der Waals surface area contributed by atoms with Crippen molar-refractivity contribution in [2.24, 2.45) is 10.2 Å². The Bertz CT molecular complexity index is 335. The molecule has 1 rings (SSSR count). The van der Waals surface area contributed by atoms with E-state index in [0.717, 1.165) is 24.3 Å². The molecule has 0 amide bonds. The van der Waals surface area contributed by atoms with Crippen LogP contribution in [0.2, 0.25) is 0 Å². The molecule has 0 bridgehead atoms. The monoisotopic (exact) mass is 190 g/mol. The van der Waals surface area contributed by atoms with Gasteiger partial charge in [-0.2, -0.15) is 15.5 Å². The normalized spacial score (nSPS) is 25.5. The van der Waals surface area contributed by atoms with Gasteiger partial charge in [-0.05, 0) is 32.8 Å². The van der Waals surface area contributed by atoms with Crippen LogP contribution in [0.5, 0.6) is 0 Å². The van der Waals surface area contributed by atoms with Crippen LogP contribution in [0.15, 0.2) is 22.0 Å². The van der Waals surface area contributed by atoms with Gasteiger partial charge in [0.1, 0.15) is 5.54 Å². The average Bonchev–Trinajstić information content (AvgIpc) is 2.11. The maximum absolute atomic E-state index is 8.72. The predicted molar refractivity (Wildman–Crippen MR) is 57.1 cm³/mol. The van der Waals surface area contributed by atoms with E-state index in [2.05, 4.69) is 28.3 Å². The highest BCUT2D eigenvalue weighted by Gasteiger charge is 2.30. The third kappa shape index (κ3) is 2.43. The molecule has 0 aromatic heterocycles. The molecule has 4 nitrogen and oxygen atoms in total. The lowest BCUT2D eigenvalue weighted by atomic mass is 9.92. The molecule has 14 heavy (non-hydrogen) atoms. The molecule has 1 N–H and O–H groups in total. The fourth-order valence-corrected chi connectivity index (χ4v) is 1.36. The molecule has 0 aliphatic carbocycles. The van der Waals surface area contributed by atoms with Gasteiger partial charge in [-0.1, -0.05) is 0 Å². The Hall–Kier alpha value is -1.63. The third-order valence-corrected chi connectivity index (χ3v) is 2.11. The summed E-state index contributed by atoms with van der Waals surface area (Å²) in [6.07, 6.45) is 3.67. The van der Waals surface area contributed by atoms with Crippen molar-refractivity contribution in [2.75, 3.05) is 0 Å². The first-order valence-corrected chi connectivity index (χ1v) is 4.50. The Morgan fingerprint density at radius 2 is 2.43 bits per heavy atom. The summed E-state index contributed by atoms with van der Waals surface area (Å²) in [5, 5.41) is 19.1. The smallest absolute Gasteiger partial charge is 0.142 e. The van der Waals surface area contributed by atoms with E-state index >= 15 is 0 Å². The van der Waals surface area contributed by atoms with Crippen molar-refractivity contribution in [1.29, 1.82) is 5.26 Å². The number of nitrogens with one attached hydrogen (secondary N) is 1. The van der Waals surface area contributed by atoms with Crippen LogP contribution in [0.4, 0.5) is 0 Å². The molecule has 0 aromatic rings. The van der Waals surface area contributed by atoms with Gasteiger partial charge in [0.05, 0.1) is 6.07 Å². The molecule has 0 radical (unpaired) electrons. The van der Waals surface area contributed by atoms with Crippen molar-refractivity contribution in [3.05, 3.63) is 11.8 Å². The first-order valence-electron chi connectivity index (χ1n) is 4.50. The van der Waals surface area contributed by atoms with Crippen LogP contribution in [-0.2, 0) is 0 Å². The minimum Gasteiger partial charge on any atom is -0.368 e. The van der Waals surface area contributed by atoms with Crippen LogP contribution in [-0.4, -0.2) is 18.0 Å². The van der Waals surface area contributed by atoms with Crippen LogP contribution in [0, 0.1) is 11.3 Å². The van der Waals surface area contributed by atoms with Gasteiger partial charge in [0.2, 0.25) is 0 Å². The second-order valence-electron chi connectivity index (χ2n) is 3.59. The first kappa shape index (κ1) is 10.5. The van der Waals surface area contributed by atoms with Gasteiger partial charge in [0, 0.05) is 18.1 Å². The quantitative estimate of drug-likeness (QED) is 0.540. The molecule has 0 aromatic carbocycles. The van der Waals surface area contributed by atoms with E-state index in [4.69, 9.17) is 5.26 Å². The minimum atomic E-state index is -0.461. The van der Waals surface area contributed by atoms with Crippen LogP contribution in [0.25, 0.3) is 0 Å². The molecule has 0 spiro atoms. The number of hydrogen-bond acceptors (Lipinski definition) is 4. The number of rotatable bonds is 4. The largest absolute Gasteiger partial charge is 0.368 e. The average molecular weight is 190 g/mol. The van der Waals surface area contributed by atoms with Crippen LogP contribution in [0.3, 0.4) is 0 Å². The van der Waals surface area contributed by atoms with Gasteiger partial charge >= 0.3 is 0 Å². The number of allylic oxidation sites excluding steroid dienone is 1. The topological polar surface area (TPSA) is 60.5 Å². The summed E-state index contributed by atoms with van der Waals surface area (Å²) in [4.78, 5) is 0. The molecule has 1 unspecified atom stereocenters. The Morgan fingerprint density at radius 1 is 1.79 bits per heavy atom. The van der Waals surface area contributed by atoms with E-state index in [-0.39, 0.29) is 0 Å². The summed E-state index contributed by atoms with van der Waals surface area (Å²) in [7, 11) is 0. The van der Waals surface area contributed by atoms with Gasteiger partial charge in [-0.25, -0.2) is 0 Å². The third-order valence-electron chi connectivity index (χ3n) is 2.11. The zero-order valence-corrected chi connectivity index (χ0v) is 8.54. The summed E-state index contributed by atoms with van der Waals surface area (Å²) in [6, 6.07) is 2.17. The fourth-order valence-electron chi connectivity index (χ4n) is 1.36. The summed E-state index contributed by atoms with van der Waals surface area (Å²) in [5.41, 5.74) is 1.60. The lowest BCUT2D eigenvalue weighted by molar-refractivity contribution is 0.513. The van der Waals surface area contributed by atoms with Crippen molar-refractivity contribution in [3.8, 4) is 6.07 Å². The maximum Gasteiger partial charge on any atom is 0.142 e. The Kier molecular flexibility index (Phi) is 3.03.